The second-order valence-electron chi connectivity index (χ2n) is 4.52. The average molecular weight is 256 g/mol. The van der Waals surface area contributed by atoms with E-state index in [9.17, 15) is 0 Å². The number of aryl methyl sites for hydroxylation is 1. The molecule has 0 aliphatic carbocycles. The Kier molecular flexibility index (Phi) is 6.27. The highest BCUT2D eigenvalue weighted by molar-refractivity contribution is 6.29. The second kappa shape index (κ2) is 7.49. The van der Waals surface area contributed by atoms with Crippen LogP contribution in [-0.4, -0.2) is 16.0 Å². The Bertz CT molecular complexity index is 321. The Hall–Kier alpha value is -0.830. The van der Waals surface area contributed by atoms with Crippen molar-refractivity contribution in [2.75, 3.05) is 5.32 Å². The zero-order chi connectivity index (χ0) is 12.7. The van der Waals surface area contributed by atoms with Crippen LogP contribution in [0.15, 0.2) is 6.07 Å². The first-order valence-electron chi connectivity index (χ1n) is 6.39. The van der Waals surface area contributed by atoms with Gasteiger partial charge in [0.2, 0.25) is 0 Å². The van der Waals surface area contributed by atoms with Gasteiger partial charge in [-0.15, -0.1) is 0 Å². The smallest absolute Gasteiger partial charge is 0.134 e. The Morgan fingerprint density at radius 2 is 2.06 bits per heavy atom. The fourth-order valence-electron chi connectivity index (χ4n) is 1.81. The zero-order valence-corrected chi connectivity index (χ0v) is 11.7. The van der Waals surface area contributed by atoms with E-state index in [1.165, 1.54) is 32.1 Å². The number of halogens is 1. The summed E-state index contributed by atoms with van der Waals surface area (Å²) < 4.78 is 0. The van der Waals surface area contributed by atoms with Crippen LogP contribution in [0.25, 0.3) is 0 Å². The molecule has 1 atom stereocenters. The van der Waals surface area contributed by atoms with Gasteiger partial charge < -0.3 is 5.32 Å². The number of nitrogens with zero attached hydrogens (tertiary/aromatic N) is 2. The van der Waals surface area contributed by atoms with Gasteiger partial charge in [0.15, 0.2) is 0 Å². The van der Waals surface area contributed by atoms with Crippen molar-refractivity contribution in [3.8, 4) is 0 Å². The van der Waals surface area contributed by atoms with Crippen LogP contribution in [-0.2, 0) is 0 Å². The van der Waals surface area contributed by atoms with Crippen molar-refractivity contribution in [2.24, 2.45) is 0 Å². The number of unbranched alkanes of at least 4 members (excludes halogenated alkanes) is 3. The third kappa shape index (κ3) is 5.87. The number of aromatic nitrogens is 2. The third-order valence-electron chi connectivity index (χ3n) is 2.69. The first-order chi connectivity index (χ1) is 8.11. The summed E-state index contributed by atoms with van der Waals surface area (Å²) in [5.74, 6) is 1.53. The summed E-state index contributed by atoms with van der Waals surface area (Å²) in [5, 5.41) is 3.86. The molecule has 0 spiro atoms. The standard InChI is InChI=1S/C13H22ClN3/c1-4-5-6-7-8-10(2)15-13-9-12(14)16-11(3)17-13/h9-10H,4-8H2,1-3H3,(H,15,16,17). The van der Waals surface area contributed by atoms with Gasteiger partial charge in [-0.3, -0.25) is 0 Å². The van der Waals surface area contributed by atoms with Crippen molar-refractivity contribution in [3.05, 3.63) is 17.0 Å². The predicted octanol–water partition coefficient (Wildman–Crippen LogP) is 4.21. The lowest BCUT2D eigenvalue weighted by Gasteiger charge is -2.14. The third-order valence-corrected chi connectivity index (χ3v) is 2.89. The molecule has 0 aromatic carbocycles. The molecule has 0 fully saturated rings. The lowest BCUT2D eigenvalue weighted by Crippen LogP contribution is -2.16. The SMILES string of the molecule is CCCCCCC(C)Nc1cc(Cl)nc(C)n1. The van der Waals surface area contributed by atoms with Gasteiger partial charge in [-0.05, 0) is 20.3 Å². The Labute approximate surface area is 109 Å². The predicted molar refractivity (Wildman–Crippen MR) is 73.6 cm³/mol. The topological polar surface area (TPSA) is 37.8 Å². The van der Waals surface area contributed by atoms with Gasteiger partial charge in [-0.1, -0.05) is 44.2 Å². The van der Waals surface area contributed by atoms with Crippen molar-refractivity contribution in [2.45, 2.75) is 58.9 Å². The molecule has 0 amide bonds. The molecule has 4 heteroatoms. The molecule has 0 saturated carbocycles. The van der Waals surface area contributed by atoms with Gasteiger partial charge >= 0.3 is 0 Å². The summed E-state index contributed by atoms with van der Waals surface area (Å²) in [6, 6.07) is 2.20. The monoisotopic (exact) mass is 255 g/mol. The molecule has 1 N–H and O–H groups in total. The van der Waals surface area contributed by atoms with Gasteiger partial charge in [0.25, 0.3) is 0 Å². The summed E-state index contributed by atoms with van der Waals surface area (Å²) in [5.41, 5.74) is 0. The lowest BCUT2D eigenvalue weighted by molar-refractivity contribution is 0.593. The van der Waals surface area contributed by atoms with Crippen LogP contribution in [0.5, 0.6) is 0 Å². The highest BCUT2D eigenvalue weighted by atomic mass is 35.5. The molecule has 1 rings (SSSR count). The van der Waals surface area contributed by atoms with E-state index in [2.05, 4.69) is 29.1 Å². The Balaban J connectivity index is 2.36. The van der Waals surface area contributed by atoms with E-state index in [1.54, 1.807) is 6.07 Å². The van der Waals surface area contributed by atoms with Crippen LogP contribution in [0.2, 0.25) is 5.15 Å². The van der Waals surface area contributed by atoms with Crippen LogP contribution in [0.4, 0.5) is 5.82 Å². The number of rotatable bonds is 7. The van der Waals surface area contributed by atoms with E-state index in [1.807, 2.05) is 6.92 Å². The molecule has 96 valence electrons. The maximum Gasteiger partial charge on any atom is 0.134 e. The molecule has 3 nitrogen and oxygen atoms in total. The lowest BCUT2D eigenvalue weighted by atomic mass is 10.1. The number of anilines is 1. The van der Waals surface area contributed by atoms with Crippen LogP contribution < -0.4 is 5.32 Å². The van der Waals surface area contributed by atoms with E-state index >= 15 is 0 Å². The maximum absolute atomic E-state index is 5.89. The van der Waals surface area contributed by atoms with E-state index in [4.69, 9.17) is 11.6 Å². The average Bonchev–Trinajstić information content (AvgIpc) is 2.23. The fraction of sp³-hybridized carbons (Fsp3) is 0.692. The van der Waals surface area contributed by atoms with Crippen LogP contribution >= 0.6 is 11.6 Å². The van der Waals surface area contributed by atoms with Crippen molar-refractivity contribution < 1.29 is 0 Å². The van der Waals surface area contributed by atoms with E-state index in [0.29, 0.717) is 17.0 Å². The van der Waals surface area contributed by atoms with Gasteiger partial charge in [0, 0.05) is 12.1 Å². The minimum Gasteiger partial charge on any atom is -0.367 e. The molecule has 0 bridgehead atoms. The Morgan fingerprint density at radius 1 is 1.29 bits per heavy atom. The van der Waals surface area contributed by atoms with Gasteiger partial charge in [-0.2, -0.15) is 0 Å². The maximum atomic E-state index is 5.89. The molecule has 17 heavy (non-hydrogen) atoms. The largest absolute Gasteiger partial charge is 0.367 e. The molecule has 1 aromatic rings. The summed E-state index contributed by atoms with van der Waals surface area (Å²) in [4.78, 5) is 8.35. The molecule has 0 saturated heterocycles. The Morgan fingerprint density at radius 3 is 2.71 bits per heavy atom. The van der Waals surface area contributed by atoms with Gasteiger partial charge in [0.1, 0.15) is 16.8 Å². The summed E-state index contributed by atoms with van der Waals surface area (Å²) in [6.45, 7) is 6.26. The normalized spacial score (nSPS) is 12.5. The minimum absolute atomic E-state index is 0.428. The minimum atomic E-state index is 0.428. The van der Waals surface area contributed by atoms with E-state index < -0.39 is 0 Å². The number of hydrogen-bond acceptors (Lipinski definition) is 3. The highest BCUT2D eigenvalue weighted by Gasteiger charge is 2.04. The van der Waals surface area contributed by atoms with Crippen LogP contribution in [0.1, 0.15) is 51.8 Å². The molecule has 1 aromatic heterocycles. The summed E-state index contributed by atoms with van der Waals surface area (Å²) in [7, 11) is 0. The van der Waals surface area contributed by atoms with E-state index in [-0.39, 0.29) is 0 Å². The molecule has 0 aliphatic rings. The van der Waals surface area contributed by atoms with E-state index in [0.717, 1.165) is 5.82 Å². The van der Waals surface area contributed by atoms with Crippen molar-refractivity contribution in [1.29, 1.82) is 0 Å². The van der Waals surface area contributed by atoms with Crippen molar-refractivity contribution in [3.63, 3.8) is 0 Å². The van der Waals surface area contributed by atoms with Gasteiger partial charge in [-0.25, -0.2) is 9.97 Å². The fourth-order valence-corrected chi connectivity index (χ4v) is 2.03. The highest BCUT2D eigenvalue weighted by Crippen LogP contribution is 2.14. The first-order valence-corrected chi connectivity index (χ1v) is 6.77. The van der Waals surface area contributed by atoms with Gasteiger partial charge in [0.05, 0.1) is 0 Å². The first kappa shape index (κ1) is 14.2. The summed E-state index contributed by atoms with van der Waals surface area (Å²) in [6.07, 6.45) is 6.35. The molecule has 0 aliphatic heterocycles. The zero-order valence-electron chi connectivity index (χ0n) is 11.0. The number of hydrogen-bond donors (Lipinski definition) is 1. The molecule has 1 unspecified atom stereocenters. The van der Waals surface area contributed by atoms with Crippen LogP contribution in [0.3, 0.4) is 0 Å². The summed E-state index contributed by atoms with van der Waals surface area (Å²) >= 11 is 5.89. The van der Waals surface area contributed by atoms with Crippen LogP contribution in [0, 0.1) is 6.92 Å². The second-order valence-corrected chi connectivity index (χ2v) is 4.91. The van der Waals surface area contributed by atoms with Crippen molar-refractivity contribution in [1.82, 2.24) is 9.97 Å². The number of nitrogens with one attached hydrogen (secondary N) is 1. The molecule has 1 heterocycles. The molecular weight excluding hydrogens is 234 g/mol. The quantitative estimate of drug-likeness (QED) is 0.586. The van der Waals surface area contributed by atoms with Crippen molar-refractivity contribution >= 4 is 17.4 Å². The molecule has 0 radical (unpaired) electrons. The molecular formula is C13H22ClN3.